The van der Waals surface area contributed by atoms with Crippen LogP contribution in [-0.2, 0) is 0 Å². The number of oxime groups is 1. The second kappa shape index (κ2) is 5.92. The number of halogens is 1. The predicted octanol–water partition coefficient (Wildman–Crippen LogP) is 2.67. The molecule has 0 radical (unpaired) electrons. The van der Waals surface area contributed by atoms with E-state index in [4.69, 9.17) is 5.21 Å². The minimum Gasteiger partial charge on any atom is -0.411 e. The van der Waals surface area contributed by atoms with Gasteiger partial charge in [-0.3, -0.25) is 9.78 Å². The molecule has 2 aromatic rings. The van der Waals surface area contributed by atoms with Crippen LogP contribution in [0, 0.1) is 5.82 Å². The van der Waals surface area contributed by atoms with Gasteiger partial charge in [0.15, 0.2) is 5.82 Å². The Morgan fingerprint density at radius 3 is 2.60 bits per heavy atom. The largest absolute Gasteiger partial charge is 0.411 e. The molecular weight excluding hydrogens is 261 g/mol. The summed E-state index contributed by atoms with van der Waals surface area (Å²) < 4.78 is 13.4. The molecule has 0 saturated heterocycles. The summed E-state index contributed by atoms with van der Waals surface area (Å²) in [7, 11) is 0. The van der Waals surface area contributed by atoms with Crippen LogP contribution in [0.3, 0.4) is 0 Å². The lowest BCUT2D eigenvalue weighted by atomic mass is 10.1. The molecule has 0 aliphatic rings. The van der Waals surface area contributed by atoms with Crippen molar-refractivity contribution in [2.45, 2.75) is 6.92 Å². The average molecular weight is 273 g/mol. The van der Waals surface area contributed by atoms with Crippen LogP contribution in [0.15, 0.2) is 47.9 Å². The number of anilines is 1. The minimum atomic E-state index is -0.676. The highest BCUT2D eigenvalue weighted by Crippen LogP contribution is 2.13. The number of pyridine rings is 1. The normalized spacial score (nSPS) is 11.2. The molecular formula is C14H12FN3O2. The monoisotopic (exact) mass is 273 g/mol. The van der Waals surface area contributed by atoms with Crippen LogP contribution < -0.4 is 5.32 Å². The lowest BCUT2D eigenvalue weighted by molar-refractivity contribution is 0.102. The third kappa shape index (κ3) is 2.97. The maximum Gasteiger partial charge on any atom is 0.258 e. The number of rotatable bonds is 3. The van der Waals surface area contributed by atoms with Crippen molar-refractivity contribution >= 4 is 17.3 Å². The van der Waals surface area contributed by atoms with E-state index in [-0.39, 0.29) is 5.56 Å². The molecule has 0 aliphatic heterocycles. The molecule has 0 bridgehead atoms. The van der Waals surface area contributed by atoms with Gasteiger partial charge in [0.1, 0.15) is 0 Å². The van der Waals surface area contributed by atoms with Crippen LogP contribution in [0.5, 0.6) is 0 Å². The van der Waals surface area contributed by atoms with Crippen LogP contribution >= 0.6 is 0 Å². The molecule has 102 valence electrons. The molecule has 0 fully saturated rings. The lowest BCUT2D eigenvalue weighted by Crippen LogP contribution is -2.14. The highest BCUT2D eigenvalue weighted by Gasteiger charge is 2.11. The summed E-state index contributed by atoms with van der Waals surface area (Å²) in [5.74, 6) is -1.23. The summed E-state index contributed by atoms with van der Waals surface area (Å²) in [6, 6.07) is 7.96. The van der Waals surface area contributed by atoms with Crippen LogP contribution in [0.2, 0.25) is 0 Å². The van der Waals surface area contributed by atoms with Crippen LogP contribution in [0.1, 0.15) is 22.8 Å². The molecule has 6 heteroatoms. The van der Waals surface area contributed by atoms with Gasteiger partial charge in [-0.15, -0.1) is 0 Å². The van der Waals surface area contributed by atoms with Crippen molar-refractivity contribution in [2.24, 2.45) is 5.16 Å². The third-order valence-electron chi connectivity index (χ3n) is 2.73. The molecule has 0 aliphatic carbocycles. The van der Waals surface area contributed by atoms with E-state index in [1.165, 1.54) is 12.3 Å². The van der Waals surface area contributed by atoms with Crippen molar-refractivity contribution in [2.75, 3.05) is 5.32 Å². The van der Waals surface area contributed by atoms with Gasteiger partial charge in [-0.1, -0.05) is 17.3 Å². The maximum atomic E-state index is 13.4. The molecule has 2 rings (SSSR count). The first kappa shape index (κ1) is 13.7. The fourth-order valence-corrected chi connectivity index (χ4v) is 1.61. The first-order valence-electron chi connectivity index (χ1n) is 5.82. The van der Waals surface area contributed by atoms with Gasteiger partial charge in [0, 0.05) is 11.9 Å². The SMILES string of the molecule is CC(=NO)c1ccc(NC(=O)c2ccncc2F)cc1. The maximum absolute atomic E-state index is 13.4. The zero-order valence-electron chi connectivity index (χ0n) is 10.7. The van der Waals surface area contributed by atoms with Crippen molar-refractivity contribution in [1.29, 1.82) is 0 Å². The molecule has 1 heterocycles. The number of hydrogen-bond acceptors (Lipinski definition) is 4. The van der Waals surface area contributed by atoms with Gasteiger partial charge in [0.05, 0.1) is 17.5 Å². The molecule has 0 spiro atoms. The van der Waals surface area contributed by atoms with Gasteiger partial charge in [-0.05, 0) is 30.7 Å². The van der Waals surface area contributed by atoms with Gasteiger partial charge in [-0.2, -0.15) is 0 Å². The first-order chi connectivity index (χ1) is 9.61. The number of benzene rings is 1. The fraction of sp³-hybridized carbons (Fsp3) is 0.0714. The van der Waals surface area contributed by atoms with Crippen molar-refractivity contribution in [3.63, 3.8) is 0 Å². The Labute approximate surface area is 114 Å². The molecule has 5 nitrogen and oxygen atoms in total. The van der Waals surface area contributed by atoms with Crippen molar-refractivity contribution in [1.82, 2.24) is 4.98 Å². The van der Waals surface area contributed by atoms with Crippen molar-refractivity contribution in [3.8, 4) is 0 Å². The first-order valence-corrected chi connectivity index (χ1v) is 5.82. The number of carbonyl (C=O) groups excluding carboxylic acids is 1. The molecule has 0 atom stereocenters. The number of aromatic nitrogens is 1. The summed E-state index contributed by atoms with van der Waals surface area (Å²) in [5.41, 5.74) is 1.63. The van der Waals surface area contributed by atoms with E-state index in [9.17, 15) is 9.18 Å². The Morgan fingerprint density at radius 2 is 2.00 bits per heavy atom. The van der Waals surface area contributed by atoms with Crippen LogP contribution in [0.25, 0.3) is 0 Å². The number of nitrogens with zero attached hydrogens (tertiary/aromatic N) is 2. The fourth-order valence-electron chi connectivity index (χ4n) is 1.61. The zero-order valence-corrected chi connectivity index (χ0v) is 10.7. The summed E-state index contributed by atoms with van der Waals surface area (Å²) >= 11 is 0. The average Bonchev–Trinajstić information content (AvgIpc) is 2.47. The Hall–Kier alpha value is -2.76. The lowest BCUT2D eigenvalue weighted by Gasteiger charge is -2.06. The molecule has 2 N–H and O–H groups in total. The molecule has 1 aromatic carbocycles. The smallest absolute Gasteiger partial charge is 0.258 e. The Kier molecular flexibility index (Phi) is 4.05. The quantitative estimate of drug-likeness (QED) is 0.513. The van der Waals surface area contributed by atoms with Crippen LogP contribution in [-0.4, -0.2) is 21.8 Å². The predicted molar refractivity (Wildman–Crippen MR) is 72.6 cm³/mol. The zero-order chi connectivity index (χ0) is 14.5. The second-order valence-electron chi connectivity index (χ2n) is 4.07. The topological polar surface area (TPSA) is 74.6 Å². The van der Waals surface area contributed by atoms with E-state index < -0.39 is 11.7 Å². The Balaban J connectivity index is 2.15. The van der Waals surface area contributed by atoms with Gasteiger partial charge in [0.2, 0.25) is 0 Å². The van der Waals surface area contributed by atoms with E-state index >= 15 is 0 Å². The Morgan fingerprint density at radius 1 is 1.30 bits per heavy atom. The molecule has 20 heavy (non-hydrogen) atoms. The molecule has 0 unspecified atom stereocenters. The van der Waals surface area contributed by atoms with Gasteiger partial charge in [-0.25, -0.2) is 4.39 Å². The molecule has 1 aromatic heterocycles. The second-order valence-corrected chi connectivity index (χ2v) is 4.07. The summed E-state index contributed by atoms with van der Waals surface area (Å²) in [6.45, 7) is 1.65. The van der Waals surface area contributed by atoms with Crippen molar-refractivity contribution < 1.29 is 14.4 Å². The Bertz CT molecular complexity index is 654. The summed E-state index contributed by atoms with van der Waals surface area (Å²) in [5, 5.41) is 14.3. The van der Waals surface area contributed by atoms with Crippen molar-refractivity contribution in [3.05, 3.63) is 59.7 Å². The van der Waals surface area contributed by atoms with E-state index in [0.29, 0.717) is 11.4 Å². The highest BCUT2D eigenvalue weighted by atomic mass is 19.1. The van der Waals surface area contributed by atoms with Gasteiger partial charge < -0.3 is 10.5 Å². The standard InChI is InChI=1S/C14H12FN3O2/c1-9(18-20)10-2-4-11(5-3-10)17-14(19)12-6-7-16-8-13(12)15/h2-8,20H,1H3,(H,17,19). The van der Waals surface area contributed by atoms with E-state index in [1.807, 2.05) is 0 Å². The van der Waals surface area contributed by atoms with E-state index in [2.05, 4.69) is 15.5 Å². The molecule has 0 saturated carbocycles. The van der Waals surface area contributed by atoms with E-state index in [1.54, 1.807) is 31.2 Å². The van der Waals surface area contributed by atoms with E-state index in [0.717, 1.165) is 11.8 Å². The minimum absolute atomic E-state index is 0.0721. The number of carbonyl (C=O) groups is 1. The number of hydrogen-bond donors (Lipinski definition) is 2. The third-order valence-corrected chi connectivity index (χ3v) is 2.73. The summed E-state index contributed by atoms with van der Waals surface area (Å²) in [6.07, 6.45) is 2.33. The van der Waals surface area contributed by atoms with Gasteiger partial charge >= 0.3 is 0 Å². The van der Waals surface area contributed by atoms with Crippen LogP contribution in [0.4, 0.5) is 10.1 Å². The van der Waals surface area contributed by atoms with Gasteiger partial charge in [0.25, 0.3) is 5.91 Å². The number of amides is 1. The molecule has 1 amide bonds. The number of nitrogens with one attached hydrogen (secondary N) is 1. The summed E-state index contributed by atoms with van der Waals surface area (Å²) in [4.78, 5) is 15.5. The highest BCUT2D eigenvalue weighted by molar-refractivity contribution is 6.04.